The van der Waals surface area contributed by atoms with E-state index in [4.69, 9.17) is 9.47 Å². The summed E-state index contributed by atoms with van der Waals surface area (Å²) in [5, 5.41) is 13.1. The Morgan fingerprint density at radius 3 is 2.17 bits per heavy atom. The van der Waals surface area contributed by atoms with Crippen LogP contribution in [0, 0.1) is 29.2 Å². The Labute approximate surface area is 205 Å². The molecule has 0 aliphatic carbocycles. The van der Waals surface area contributed by atoms with Crippen molar-refractivity contribution in [2.24, 2.45) is 5.92 Å². The summed E-state index contributed by atoms with van der Waals surface area (Å²) >= 11 is 0. The van der Waals surface area contributed by atoms with Gasteiger partial charge in [-0.25, -0.2) is 13.6 Å². The second kappa shape index (κ2) is 12.2. The van der Waals surface area contributed by atoms with Crippen molar-refractivity contribution < 1.29 is 51.3 Å². The zero-order valence-corrected chi connectivity index (χ0v) is 20.4. The van der Waals surface area contributed by atoms with Crippen molar-refractivity contribution in [3.63, 3.8) is 0 Å². The van der Waals surface area contributed by atoms with Crippen molar-refractivity contribution >= 4 is 18.0 Å². The molecule has 0 aromatic heterocycles. The molecule has 2 amide bonds. The molecule has 36 heavy (non-hydrogen) atoms. The number of hydrogen-bond acceptors (Lipinski definition) is 7. The van der Waals surface area contributed by atoms with E-state index in [9.17, 15) is 37.1 Å². The van der Waals surface area contributed by atoms with Gasteiger partial charge < -0.3 is 29.5 Å². The summed E-state index contributed by atoms with van der Waals surface area (Å²) in [7, 11) is 1.24. The molecule has 1 unspecified atom stereocenters. The average Bonchev–Trinajstić information content (AvgIpc) is 2.80. The summed E-state index contributed by atoms with van der Waals surface area (Å²) in [6.45, 7) is 4.41. The van der Waals surface area contributed by atoms with Crippen LogP contribution in [0.4, 0.5) is 22.4 Å². The fourth-order valence-electron chi connectivity index (χ4n) is 3.56. The van der Waals surface area contributed by atoms with E-state index in [0.29, 0.717) is 0 Å². The first-order chi connectivity index (χ1) is 16.7. The smallest absolute Gasteiger partial charge is 0.409 e. The molecular formula is C23H30F4N2O7. The Morgan fingerprint density at radius 1 is 1.11 bits per heavy atom. The van der Waals surface area contributed by atoms with Crippen molar-refractivity contribution in [2.45, 2.75) is 57.8 Å². The summed E-state index contributed by atoms with van der Waals surface area (Å²) in [5.41, 5.74) is -0.876. The number of esters is 1. The van der Waals surface area contributed by atoms with Gasteiger partial charge in [-0.3, -0.25) is 9.59 Å². The molecule has 2 rings (SSSR count). The minimum atomic E-state index is -1.80. The van der Waals surface area contributed by atoms with E-state index in [1.54, 1.807) is 20.8 Å². The number of nitrogens with one attached hydrogen (secondary N) is 1. The number of aliphatic hydroxyl groups is 1. The number of rotatable bonds is 8. The molecule has 1 aromatic carbocycles. The highest BCUT2D eigenvalue weighted by molar-refractivity contribution is 5.80. The number of likely N-dealkylation sites (tertiary alicyclic amines) is 1. The number of halogens is 4. The van der Waals surface area contributed by atoms with Crippen LogP contribution in [-0.2, 0) is 19.1 Å². The van der Waals surface area contributed by atoms with Crippen molar-refractivity contribution in [3.8, 4) is 5.75 Å². The van der Waals surface area contributed by atoms with E-state index in [0.717, 1.165) is 0 Å². The molecule has 1 fully saturated rings. The third-order valence-electron chi connectivity index (χ3n) is 5.37. The maximum Gasteiger partial charge on any atom is 0.409 e. The number of methoxy groups -OCH3 is 1. The number of carbonyl (C=O) groups is 3. The lowest BCUT2D eigenvalue weighted by atomic mass is 9.95. The fraction of sp³-hybridized carbons (Fsp3) is 0.609. The molecule has 0 spiro atoms. The van der Waals surface area contributed by atoms with Gasteiger partial charge in [-0.2, -0.15) is 8.78 Å². The van der Waals surface area contributed by atoms with Gasteiger partial charge in [0.05, 0.1) is 19.6 Å². The molecule has 2 N–H and O–H groups in total. The second-order valence-electron chi connectivity index (χ2n) is 9.31. The topological polar surface area (TPSA) is 114 Å². The lowest BCUT2D eigenvalue weighted by Crippen LogP contribution is -2.51. The molecule has 0 radical (unpaired) electrons. The van der Waals surface area contributed by atoms with E-state index in [1.807, 2.05) is 0 Å². The van der Waals surface area contributed by atoms with E-state index in [2.05, 4.69) is 10.1 Å². The van der Waals surface area contributed by atoms with Crippen LogP contribution < -0.4 is 10.1 Å². The van der Waals surface area contributed by atoms with Crippen LogP contribution in [0.5, 0.6) is 5.75 Å². The van der Waals surface area contributed by atoms with Crippen LogP contribution in [0.25, 0.3) is 0 Å². The van der Waals surface area contributed by atoms with Gasteiger partial charge in [0.1, 0.15) is 18.3 Å². The zero-order chi connectivity index (χ0) is 27.2. The largest absolute Gasteiger partial charge is 0.485 e. The zero-order valence-electron chi connectivity index (χ0n) is 20.4. The van der Waals surface area contributed by atoms with Gasteiger partial charge in [-0.15, -0.1) is 0 Å². The third kappa shape index (κ3) is 7.97. The first-order valence-electron chi connectivity index (χ1n) is 11.2. The number of benzene rings is 1. The number of amides is 2. The van der Waals surface area contributed by atoms with E-state index >= 15 is 0 Å². The highest BCUT2D eigenvalue weighted by Gasteiger charge is 2.33. The highest BCUT2D eigenvalue weighted by atomic mass is 19.2. The normalized spacial score (nSPS) is 16.2. The fourth-order valence-corrected chi connectivity index (χ4v) is 3.56. The number of nitrogens with zero attached hydrogens (tertiary/aromatic N) is 1. The minimum Gasteiger partial charge on any atom is -0.485 e. The molecular weight excluding hydrogens is 492 g/mol. The molecule has 2 atom stereocenters. The lowest BCUT2D eigenvalue weighted by Gasteiger charge is -2.32. The number of hydrogen-bond donors (Lipinski definition) is 2. The molecule has 1 aromatic rings. The predicted molar refractivity (Wildman–Crippen MR) is 117 cm³/mol. The van der Waals surface area contributed by atoms with Gasteiger partial charge in [0.25, 0.3) is 0 Å². The maximum atomic E-state index is 13.9. The molecule has 13 heteroatoms. The number of carbonyl (C=O) groups excluding carboxylic acids is 3. The van der Waals surface area contributed by atoms with Crippen molar-refractivity contribution in [2.75, 3.05) is 26.8 Å². The summed E-state index contributed by atoms with van der Waals surface area (Å²) < 4.78 is 69.3. The molecule has 1 aliphatic heterocycles. The van der Waals surface area contributed by atoms with Crippen LogP contribution in [0.15, 0.2) is 6.07 Å². The summed E-state index contributed by atoms with van der Waals surface area (Å²) in [5.74, 6) is -10.3. The molecule has 1 aliphatic rings. The van der Waals surface area contributed by atoms with Gasteiger partial charge in [0, 0.05) is 25.1 Å². The second-order valence-corrected chi connectivity index (χ2v) is 9.31. The molecule has 1 saturated heterocycles. The Hall–Kier alpha value is -3.09. The number of piperidine rings is 1. The molecule has 0 bridgehead atoms. The Balaban J connectivity index is 2.11. The van der Waals surface area contributed by atoms with Gasteiger partial charge in [0.15, 0.2) is 17.4 Å². The van der Waals surface area contributed by atoms with Gasteiger partial charge in [-0.05, 0) is 33.6 Å². The Morgan fingerprint density at radius 2 is 1.67 bits per heavy atom. The standard InChI is InChI=1S/C23H30F4N2O7/c1-23(2,3)36-17(31)10-15(28-21(32)12-5-7-29(8-6-12)22(33)34-4)16(30)11-35-20-18(26)13(24)9-14(25)19(20)27/h9,12,15-16,30H,5-8,10-11H2,1-4H3,(H,28,32)/t15-,16?/m0/s1. The molecule has 0 saturated carbocycles. The van der Waals surface area contributed by atoms with Crippen LogP contribution in [0.1, 0.15) is 40.0 Å². The predicted octanol–water partition coefficient (Wildman–Crippen LogP) is 2.68. The van der Waals surface area contributed by atoms with E-state index in [1.165, 1.54) is 12.0 Å². The lowest BCUT2D eigenvalue weighted by molar-refractivity contribution is -0.156. The Bertz CT molecular complexity index is 937. The first-order valence-corrected chi connectivity index (χ1v) is 11.2. The van der Waals surface area contributed by atoms with Crippen molar-refractivity contribution in [1.29, 1.82) is 0 Å². The van der Waals surface area contributed by atoms with E-state index in [-0.39, 0.29) is 32.0 Å². The molecule has 202 valence electrons. The van der Waals surface area contributed by atoms with Gasteiger partial charge >= 0.3 is 12.1 Å². The van der Waals surface area contributed by atoms with Crippen LogP contribution in [0.2, 0.25) is 0 Å². The first kappa shape index (κ1) is 29.1. The Kier molecular flexibility index (Phi) is 9.91. The van der Waals surface area contributed by atoms with Crippen molar-refractivity contribution in [1.82, 2.24) is 10.2 Å². The number of ether oxygens (including phenoxy) is 3. The van der Waals surface area contributed by atoms with Crippen LogP contribution in [0.3, 0.4) is 0 Å². The van der Waals surface area contributed by atoms with Crippen molar-refractivity contribution in [3.05, 3.63) is 29.3 Å². The van der Waals surface area contributed by atoms with Gasteiger partial charge in [-0.1, -0.05) is 0 Å². The summed E-state index contributed by atoms with van der Waals surface area (Å²) in [4.78, 5) is 38.2. The number of aliphatic hydroxyl groups excluding tert-OH is 1. The monoisotopic (exact) mass is 522 g/mol. The molecule has 1 heterocycles. The minimum absolute atomic E-state index is 0.00495. The third-order valence-corrected chi connectivity index (χ3v) is 5.37. The van der Waals surface area contributed by atoms with Gasteiger partial charge in [0.2, 0.25) is 17.5 Å². The summed E-state index contributed by atoms with van der Waals surface area (Å²) in [6, 6.07) is -1.32. The highest BCUT2D eigenvalue weighted by Crippen LogP contribution is 2.27. The SMILES string of the molecule is COC(=O)N1CCC(C(=O)N[C@@H](CC(=O)OC(C)(C)C)C(O)COc2c(F)c(F)cc(F)c2F)CC1. The van der Waals surface area contributed by atoms with Crippen LogP contribution >= 0.6 is 0 Å². The molecule has 9 nitrogen and oxygen atoms in total. The summed E-state index contributed by atoms with van der Waals surface area (Å²) in [6.07, 6.45) is -2.21. The van der Waals surface area contributed by atoms with Crippen LogP contribution in [-0.4, -0.2) is 72.5 Å². The quantitative estimate of drug-likeness (QED) is 0.307. The van der Waals surface area contributed by atoms with E-state index < -0.39 is 83.7 Å². The average molecular weight is 522 g/mol. The maximum absolute atomic E-state index is 13.9.